The highest BCUT2D eigenvalue weighted by Gasteiger charge is 2.03. The van der Waals surface area contributed by atoms with Crippen molar-refractivity contribution in [3.63, 3.8) is 0 Å². The van der Waals surface area contributed by atoms with Gasteiger partial charge in [0.1, 0.15) is 4.32 Å². The molecule has 0 aromatic rings. The van der Waals surface area contributed by atoms with Crippen LogP contribution in [0.5, 0.6) is 0 Å². The van der Waals surface area contributed by atoms with Gasteiger partial charge < -0.3 is 0 Å². The fourth-order valence-electron chi connectivity index (χ4n) is 0.279. The summed E-state index contributed by atoms with van der Waals surface area (Å²) in [5.41, 5.74) is 0. The van der Waals surface area contributed by atoms with Crippen LogP contribution in [-0.4, -0.2) is 24.7 Å². The van der Waals surface area contributed by atoms with E-state index in [2.05, 4.69) is 16.9 Å². The van der Waals surface area contributed by atoms with Gasteiger partial charge in [-0.2, -0.15) is 5.26 Å². The van der Waals surface area contributed by atoms with Gasteiger partial charge in [-0.05, 0) is 0 Å². The molecule has 0 spiro atoms. The summed E-state index contributed by atoms with van der Waals surface area (Å²) in [6.45, 7) is 0. The van der Waals surface area contributed by atoms with Crippen molar-refractivity contribution in [2.24, 2.45) is 0 Å². The minimum atomic E-state index is -3.28. The van der Waals surface area contributed by atoms with Crippen molar-refractivity contribution in [2.45, 2.75) is 0 Å². The molecule has 62 valence electrons. The normalized spacial score (nSPS) is 10.2. The lowest BCUT2D eigenvalue weighted by molar-refractivity contribution is 0.599. The van der Waals surface area contributed by atoms with E-state index >= 15 is 0 Å². The highest BCUT2D eigenvalue weighted by atomic mass is 32.2. The van der Waals surface area contributed by atoms with Gasteiger partial charge in [-0.15, -0.1) is 0 Å². The summed E-state index contributed by atoms with van der Waals surface area (Å²) < 4.78 is 23.2. The first kappa shape index (κ1) is 10.7. The summed E-state index contributed by atoms with van der Waals surface area (Å²) in [7, 11) is -3.28. The van der Waals surface area contributed by atoms with Crippen LogP contribution >= 0.6 is 24.0 Å². The zero-order chi connectivity index (χ0) is 8.91. The summed E-state index contributed by atoms with van der Waals surface area (Å²) in [5.74, 6) is 0.154. The van der Waals surface area contributed by atoms with E-state index in [0.29, 0.717) is 0 Å². The Morgan fingerprint density at radius 1 is 1.82 bits per heavy atom. The first-order valence-corrected chi connectivity index (χ1v) is 5.76. The molecule has 0 heterocycles. The molecule has 0 unspecified atom stereocenters. The Labute approximate surface area is 75.0 Å². The Kier molecular flexibility index (Phi) is 4.40. The number of nitrogens with one attached hydrogen (secondary N) is 1. The lowest BCUT2D eigenvalue weighted by Gasteiger charge is -2.00. The summed E-state index contributed by atoms with van der Waals surface area (Å²) in [4.78, 5) is 0. The van der Waals surface area contributed by atoms with Gasteiger partial charge in [0.15, 0.2) is 0 Å². The highest BCUT2D eigenvalue weighted by molar-refractivity contribution is 8.24. The molecule has 0 saturated carbocycles. The van der Waals surface area contributed by atoms with E-state index in [0.717, 1.165) is 18.0 Å². The maximum absolute atomic E-state index is 10.5. The van der Waals surface area contributed by atoms with Crippen LogP contribution in [0.4, 0.5) is 0 Å². The minimum absolute atomic E-state index is 0.106. The molecule has 0 aliphatic heterocycles. The third-order valence-electron chi connectivity index (χ3n) is 0.537. The van der Waals surface area contributed by atoms with Gasteiger partial charge in [-0.1, -0.05) is 24.0 Å². The third-order valence-corrected chi connectivity index (χ3v) is 2.46. The number of nitriles is 1. The fourth-order valence-corrected chi connectivity index (χ4v) is 2.10. The van der Waals surface area contributed by atoms with Crippen LogP contribution in [-0.2, 0) is 10.0 Å². The van der Waals surface area contributed by atoms with E-state index < -0.39 is 10.0 Å². The van der Waals surface area contributed by atoms with Gasteiger partial charge in [0.2, 0.25) is 10.0 Å². The molecule has 1 N–H and O–H groups in total. The molecule has 0 rings (SSSR count). The summed E-state index contributed by atoms with van der Waals surface area (Å²) in [5, 5.41) is 8.11. The smallest absolute Gasteiger partial charge is 0.230 e. The molecule has 0 fully saturated rings. The largest absolute Gasteiger partial charge is 0.268 e. The standard InChI is InChI=1S/C4H6N2O2S3/c1-11(7,8)6-4(9)10-3-2-5/h3H2,1H3,(H,6,9). The average molecular weight is 210 g/mol. The number of rotatable bonds is 2. The first-order valence-electron chi connectivity index (χ1n) is 2.47. The molecular formula is C4H6N2O2S3. The van der Waals surface area contributed by atoms with Crippen molar-refractivity contribution in [1.82, 2.24) is 4.72 Å². The number of nitrogens with zero attached hydrogens (tertiary/aromatic N) is 1. The zero-order valence-corrected chi connectivity index (χ0v) is 8.15. The highest BCUT2D eigenvalue weighted by Crippen LogP contribution is 2.00. The molecule has 7 heteroatoms. The van der Waals surface area contributed by atoms with Crippen molar-refractivity contribution in [2.75, 3.05) is 12.0 Å². The molecule has 0 amide bonds. The molecule has 0 saturated heterocycles. The maximum atomic E-state index is 10.5. The Hall–Kier alpha value is -0.320. The topological polar surface area (TPSA) is 70.0 Å². The molecule has 0 bridgehead atoms. The van der Waals surface area contributed by atoms with Crippen molar-refractivity contribution >= 4 is 38.3 Å². The van der Waals surface area contributed by atoms with Crippen LogP contribution in [0, 0.1) is 11.3 Å². The number of thiocarbonyl (C=S) groups is 1. The van der Waals surface area contributed by atoms with Crippen molar-refractivity contribution in [3.8, 4) is 6.07 Å². The third kappa shape index (κ3) is 7.58. The number of hydrogen-bond acceptors (Lipinski definition) is 5. The van der Waals surface area contributed by atoms with E-state index in [1.165, 1.54) is 0 Å². The minimum Gasteiger partial charge on any atom is -0.268 e. The van der Waals surface area contributed by atoms with Crippen LogP contribution in [0.15, 0.2) is 0 Å². The zero-order valence-electron chi connectivity index (χ0n) is 5.70. The monoisotopic (exact) mass is 210 g/mol. The van der Waals surface area contributed by atoms with E-state index in [1.807, 2.05) is 6.07 Å². The number of sulfonamides is 1. The number of thioether (sulfide) groups is 1. The Balaban J connectivity index is 3.83. The number of hydrogen-bond donors (Lipinski definition) is 1. The molecule has 11 heavy (non-hydrogen) atoms. The SMILES string of the molecule is CS(=O)(=O)NC(=S)SCC#N. The van der Waals surface area contributed by atoms with E-state index in [-0.39, 0.29) is 10.1 Å². The average Bonchev–Trinajstić information content (AvgIpc) is 1.79. The molecule has 0 aliphatic rings. The van der Waals surface area contributed by atoms with E-state index in [4.69, 9.17) is 5.26 Å². The summed E-state index contributed by atoms with van der Waals surface area (Å²) >= 11 is 5.57. The molecule has 0 atom stereocenters. The van der Waals surface area contributed by atoms with Gasteiger partial charge >= 0.3 is 0 Å². The molecule has 0 aliphatic carbocycles. The molecule has 0 radical (unpaired) electrons. The van der Waals surface area contributed by atoms with Gasteiger partial charge in [-0.25, -0.2) is 8.42 Å². The van der Waals surface area contributed by atoms with Crippen LogP contribution in [0.3, 0.4) is 0 Å². The van der Waals surface area contributed by atoms with Crippen molar-refractivity contribution in [3.05, 3.63) is 0 Å². The van der Waals surface area contributed by atoms with Crippen molar-refractivity contribution in [1.29, 1.82) is 5.26 Å². The van der Waals surface area contributed by atoms with E-state index in [1.54, 1.807) is 0 Å². The van der Waals surface area contributed by atoms with Gasteiger partial charge in [-0.3, -0.25) is 4.72 Å². The van der Waals surface area contributed by atoms with Crippen LogP contribution in [0.2, 0.25) is 0 Å². The Bertz CT molecular complexity index is 276. The van der Waals surface area contributed by atoms with Crippen LogP contribution in [0.25, 0.3) is 0 Å². The molecule has 0 aromatic heterocycles. The predicted molar refractivity (Wildman–Crippen MR) is 48.6 cm³/mol. The van der Waals surface area contributed by atoms with Crippen LogP contribution in [0.1, 0.15) is 0 Å². The van der Waals surface area contributed by atoms with E-state index in [9.17, 15) is 8.42 Å². The summed E-state index contributed by atoms with van der Waals surface area (Å²) in [6, 6.07) is 1.83. The van der Waals surface area contributed by atoms with Crippen LogP contribution < -0.4 is 4.72 Å². The Morgan fingerprint density at radius 2 is 2.36 bits per heavy atom. The lowest BCUT2D eigenvalue weighted by atomic mass is 10.9. The predicted octanol–water partition coefficient (Wildman–Crippen LogP) is 0.0773. The van der Waals surface area contributed by atoms with Gasteiger partial charge in [0, 0.05) is 0 Å². The Morgan fingerprint density at radius 3 is 2.73 bits per heavy atom. The molecule has 0 aromatic carbocycles. The maximum Gasteiger partial charge on any atom is 0.230 e. The second-order valence-electron chi connectivity index (χ2n) is 1.61. The quantitative estimate of drug-likeness (QED) is 0.653. The van der Waals surface area contributed by atoms with Gasteiger partial charge in [0.05, 0.1) is 18.1 Å². The fraction of sp³-hybridized carbons (Fsp3) is 0.500. The molecular weight excluding hydrogens is 204 g/mol. The first-order chi connectivity index (χ1) is 4.95. The second-order valence-corrected chi connectivity index (χ2v) is 5.01. The lowest BCUT2D eigenvalue weighted by Crippen LogP contribution is -2.25. The summed E-state index contributed by atoms with van der Waals surface area (Å²) in [6.07, 6.45) is 1.01. The van der Waals surface area contributed by atoms with Gasteiger partial charge in [0.25, 0.3) is 0 Å². The second kappa shape index (κ2) is 4.54. The van der Waals surface area contributed by atoms with Crippen molar-refractivity contribution < 1.29 is 8.42 Å². The molecule has 4 nitrogen and oxygen atoms in total.